The fourth-order valence-corrected chi connectivity index (χ4v) is 1.57. The zero-order chi connectivity index (χ0) is 10.9. The fourth-order valence-electron chi connectivity index (χ4n) is 1.57. The Morgan fingerprint density at radius 3 is 2.36 bits per heavy atom. The minimum Gasteiger partial charge on any atom is -0.465 e. The first-order valence-electron chi connectivity index (χ1n) is 4.62. The van der Waals surface area contributed by atoms with Crippen LogP contribution in [0.15, 0.2) is 0 Å². The summed E-state index contributed by atoms with van der Waals surface area (Å²) in [5, 5.41) is 18.2. The molecule has 0 aromatic heterocycles. The Bertz CT molecular complexity index is 219. The number of hydrogen-bond donors (Lipinski definition) is 2. The smallest absolute Gasteiger partial charge is 0.408 e. The SMILES string of the molecule is CC(C)(C)N(C(=O)O)[C@@H](CO)[C@H]1CO1. The molecule has 5 nitrogen and oxygen atoms in total. The van der Waals surface area contributed by atoms with Crippen LogP contribution in [0.1, 0.15) is 20.8 Å². The number of aliphatic hydroxyl groups excluding tert-OH is 1. The zero-order valence-electron chi connectivity index (χ0n) is 8.73. The molecule has 0 bridgehead atoms. The molecular formula is C9H17NO4. The van der Waals surface area contributed by atoms with Gasteiger partial charge in [-0.3, -0.25) is 4.90 Å². The molecular weight excluding hydrogens is 186 g/mol. The highest BCUT2D eigenvalue weighted by Gasteiger charge is 2.42. The van der Waals surface area contributed by atoms with Crippen molar-refractivity contribution in [1.29, 1.82) is 0 Å². The van der Waals surface area contributed by atoms with Crippen LogP contribution in [0.25, 0.3) is 0 Å². The molecule has 2 N–H and O–H groups in total. The molecule has 82 valence electrons. The van der Waals surface area contributed by atoms with E-state index < -0.39 is 17.7 Å². The summed E-state index contributed by atoms with van der Waals surface area (Å²) in [7, 11) is 0. The highest BCUT2D eigenvalue weighted by Crippen LogP contribution is 2.25. The van der Waals surface area contributed by atoms with E-state index >= 15 is 0 Å². The van der Waals surface area contributed by atoms with Gasteiger partial charge >= 0.3 is 6.09 Å². The number of aliphatic hydroxyl groups is 1. The number of carbonyl (C=O) groups is 1. The maximum Gasteiger partial charge on any atom is 0.408 e. The van der Waals surface area contributed by atoms with Crippen LogP contribution in [-0.2, 0) is 4.74 Å². The van der Waals surface area contributed by atoms with Gasteiger partial charge in [-0.15, -0.1) is 0 Å². The first-order chi connectivity index (χ1) is 6.38. The first-order valence-corrected chi connectivity index (χ1v) is 4.62. The van der Waals surface area contributed by atoms with Crippen molar-refractivity contribution >= 4 is 6.09 Å². The monoisotopic (exact) mass is 203 g/mol. The van der Waals surface area contributed by atoms with Crippen LogP contribution in [0.3, 0.4) is 0 Å². The van der Waals surface area contributed by atoms with Gasteiger partial charge in [0.05, 0.1) is 19.3 Å². The largest absolute Gasteiger partial charge is 0.465 e. The third-order valence-corrected chi connectivity index (χ3v) is 2.24. The average molecular weight is 203 g/mol. The van der Waals surface area contributed by atoms with Crippen LogP contribution >= 0.6 is 0 Å². The lowest BCUT2D eigenvalue weighted by Crippen LogP contribution is -2.54. The number of hydrogen-bond acceptors (Lipinski definition) is 3. The number of rotatable bonds is 3. The molecule has 14 heavy (non-hydrogen) atoms. The van der Waals surface area contributed by atoms with Gasteiger partial charge in [0, 0.05) is 5.54 Å². The molecule has 1 aliphatic rings. The van der Waals surface area contributed by atoms with Gasteiger partial charge in [0.1, 0.15) is 6.10 Å². The van der Waals surface area contributed by atoms with Gasteiger partial charge in [0.15, 0.2) is 0 Å². The van der Waals surface area contributed by atoms with Crippen molar-refractivity contribution in [3.8, 4) is 0 Å². The standard InChI is InChI=1S/C9H17NO4/c1-9(2,3)10(8(12)13)6(4-11)7-5-14-7/h6-7,11H,4-5H2,1-3H3,(H,12,13)/t6-,7+/m0/s1. The topological polar surface area (TPSA) is 73.3 Å². The first kappa shape index (κ1) is 11.3. The van der Waals surface area contributed by atoms with Crippen LogP contribution < -0.4 is 0 Å². The van der Waals surface area contributed by atoms with E-state index in [9.17, 15) is 4.79 Å². The Kier molecular flexibility index (Phi) is 3.01. The van der Waals surface area contributed by atoms with Gasteiger partial charge < -0.3 is 14.9 Å². The summed E-state index contributed by atoms with van der Waals surface area (Å²) in [5.41, 5.74) is -0.523. The normalized spacial score (nSPS) is 23.0. The van der Waals surface area contributed by atoms with Crippen molar-refractivity contribution in [2.24, 2.45) is 0 Å². The van der Waals surface area contributed by atoms with Gasteiger partial charge in [-0.05, 0) is 20.8 Å². The number of amides is 1. The highest BCUT2D eigenvalue weighted by molar-refractivity contribution is 5.66. The maximum absolute atomic E-state index is 11.0. The lowest BCUT2D eigenvalue weighted by atomic mass is 10.0. The highest BCUT2D eigenvalue weighted by atomic mass is 16.6. The quantitative estimate of drug-likeness (QED) is 0.656. The van der Waals surface area contributed by atoms with E-state index in [0.717, 1.165) is 0 Å². The molecule has 1 rings (SSSR count). The molecule has 1 saturated heterocycles. The van der Waals surface area contributed by atoms with Crippen molar-refractivity contribution in [1.82, 2.24) is 4.90 Å². The van der Waals surface area contributed by atoms with Crippen molar-refractivity contribution in [2.45, 2.75) is 38.5 Å². The van der Waals surface area contributed by atoms with E-state index in [1.807, 2.05) is 0 Å². The average Bonchev–Trinajstić information content (AvgIpc) is 2.78. The second-order valence-corrected chi connectivity index (χ2v) is 4.45. The number of nitrogens with zero attached hydrogens (tertiary/aromatic N) is 1. The molecule has 0 aliphatic carbocycles. The van der Waals surface area contributed by atoms with Gasteiger partial charge in [0.2, 0.25) is 0 Å². The molecule has 0 radical (unpaired) electrons. The molecule has 5 heteroatoms. The summed E-state index contributed by atoms with van der Waals surface area (Å²) in [6.07, 6.45) is -1.16. The van der Waals surface area contributed by atoms with Crippen molar-refractivity contribution in [2.75, 3.05) is 13.2 Å². The molecule has 0 aromatic rings. The van der Waals surface area contributed by atoms with E-state index in [0.29, 0.717) is 6.61 Å². The van der Waals surface area contributed by atoms with Crippen LogP contribution in [0.5, 0.6) is 0 Å². The molecule has 0 spiro atoms. The number of carboxylic acid groups (broad SMARTS) is 1. The minimum atomic E-state index is -1.02. The summed E-state index contributed by atoms with van der Waals surface area (Å²) in [4.78, 5) is 12.3. The predicted molar refractivity (Wildman–Crippen MR) is 50.2 cm³/mol. The Balaban J connectivity index is 2.79. The van der Waals surface area contributed by atoms with Crippen LogP contribution in [0, 0.1) is 0 Å². The molecule has 0 aromatic carbocycles. The van der Waals surface area contributed by atoms with E-state index in [2.05, 4.69) is 0 Å². The van der Waals surface area contributed by atoms with E-state index in [4.69, 9.17) is 14.9 Å². The number of epoxide rings is 1. The second-order valence-electron chi connectivity index (χ2n) is 4.45. The Labute approximate surface area is 83.3 Å². The van der Waals surface area contributed by atoms with Gasteiger partial charge in [-0.25, -0.2) is 4.79 Å². The summed E-state index contributed by atoms with van der Waals surface area (Å²) in [6.45, 7) is 5.73. The Morgan fingerprint density at radius 2 is 2.14 bits per heavy atom. The lowest BCUT2D eigenvalue weighted by Gasteiger charge is -2.38. The Hall–Kier alpha value is -0.810. The van der Waals surface area contributed by atoms with Gasteiger partial charge in [-0.2, -0.15) is 0 Å². The van der Waals surface area contributed by atoms with Crippen LogP contribution in [-0.4, -0.2) is 52.1 Å². The van der Waals surface area contributed by atoms with Crippen molar-refractivity contribution in [3.05, 3.63) is 0 Å². The fraction of sp³-hybridized carbons (Fsp3) is 0.889. The van der Waals surface area contributed by atoms with E-state index in [1.54, 1.807) is 20.8 Å². The lowest BCUT2D eigenvalue weighted by molar-refractivity contribution is 0.0349. The van der Waals surface area contributed by atoms with Crippen LogP contribution in [0.2, 0.25) is 0 Å². The molecule has 1 amide bonds. The minimum absolute atomic E-state index is 0.143. The van der Waals surface area contributed by atoms with Crippen molar-refractivity contribution < 1.29 is 19.7 Å². The molecule has 2 atom stereocenters. The molecule has 1 heterocycles. The summed E-state index contributed by atoms with van der Waals surface area (Å²) in [5.74, 6) is 0. The molecule has 0 unspecified atom stereocenters. The molecule has 1 fully saturated rings. The van der Waals surface area contributed by atoms with Crippen LogP contribution in [0.4, 0.5) is 4.79 Å². The zero-order valence-corrected chi connectivity index (χ0v) is 8.73. The number of ether oxygens (including phenoxy) is 1. The van der Waals surface area contributed by atoms with Crippen molar-refractivity contribution in [3.63, 3.8) is 0 Å². The molecule has 0 saturated carbocycles. The summed E-state index contributed by atoms with van der Waals surface area (Å²) >= 11 is 0. The predicted octanol–water partition coefficient (Wildman–Crippen LogP) is 0.525. The van der Waals surface area contributed by atoms with E-state index in [-0.39, 0.29) is 12.7 Å². The second kappa shape index (κ2) is 3.74. The van der Waals surface area contributed by atoms with Gasteiger partial charge in [-0.1, -0.05) is 0 Å². The summed E-state index contributed by atoms with van der Waals surface area (Å²) < 4.78 is 5.02. The maximum atomic E-state index is 11.0. The Morgan fingerprint density at radius 1 is 1.64 bits per heavy atom. The third-order valence-electron chi connectivity index (χ3n) is 2.24. The van der Waals surface area contributed by atoms with Gasteiger partial charge in [0.25, 0.3) is 0 Å². The van der Waals surface area contributed by atoms with E-state index in [1.165, 1.54) is 4.90 Å². The molecule has 1 aliphatic heterocycles. The summed E-state index contributed by atoms with van der Waals surface area (Å²) in [6, 6.07) is -0.451. The third kappa shape index (κ3) is 2.36.